The lowest BCUT2D eigenvalue weighted by Crippen LogP contribution is -2.58. The van der Waals surface area contributed by atoms with Crippen molar-refractivity contribution >= 4 is 18.0 Å². The topological polar surface area (TPSA) is 113 Å². The molecule has 0 spiro atoms. The van der Waals surface area contributed by atoms with Gasteiger partial charge in [-0.2, -0.15) is 0 Å². The summed E-state index contributed by atoms with van der Waals surface area (Å²) in [6.07, 6.45) is 0. The van der Waals surface area contributed by atoms with E-state index < -0.39 is 12.0 Å². The van der Waals surface area contributed by atoms with E-state index in [9.17, 15) is 14.4 Å². The highest BCUT2D eigenvalue weighted by Gasteiger charge is 2.40. The molecule has 1 aromatic carbocycles. The van der Waals surface area contributed by atoms with E-state index in [1.54, 1.807) is 37.1 Å². The molecule has 3 rings (SSSR count). The van der Waals surface area contributed by atoms with Crippen molar-refractivity contribution in [2.24, 2.45) is 0 Å². The van der Waals surface area contributed by atoms with Gasteiger partial charge >= 0.3 is 18.0 Å². The van der Waals surface area contributed by atoms with Gasteiger partial charge in [0.1, 0.15) is 11.5 Å². The molecule has 1 saturated heterocycles. The number of likely N-dealkylation sites (N-methyl/N-ethyl adjacent to an activating group) is 1. The van der Waals surface area contributed by atoms with Gasteiger partial charge in [0.15, 0.2) is 0 Å². The first kappa shape index (κ1) is 28.1. The highest BCUT2D eigenvalue weighted by Crippen LogP contribution is 2.38. The van der Waals surface area contributed by atoms with Crippen molar-refractivity contribution in [1.29, 1.82) is 0 Å². The lowest BCUT2D eigenvalue weighted by Gasteiger charge is -2.42. The molecule has 0 unspecified atom stereocenters. The van der Waals surface area contributed by atoms with Gasteiger partial charge in [-0.25, -0.2) is 14.4 Å². The van der Waals surface area contributed by atoms with Crippen molar-refractivity contribution in [1.82, 2.24) is 25.3 Å². The van der Waals surface area contributed by atoms with Crippen molar-refractivity contribution in [2.45, 2.75) is 39.8 Å². The van der Waals surface area contributed by atoms with Crippen molar-refractivity contribution < 1.29 is 28.6 Å². The average Bonchev–Trinajstić information content (AvgIpc) is 2.88. The van der Waals surface area contributed by atoms with Crippen LogP contribution in [0.4, 0.5) is 9.59 Å². The molecule has 11 heteroatoms. The first-order valence-corrected chi connectivity index (χ1v) is 12.8. The van der Waals surface area contributed by atoms with Gasteiger partial charge in [0.25, 0.3) is 0 Å². The summed E-state index contributed by atoms with van der Waals surface area (Å²) < 4.78 is 16.4. The molecular weight excluding hydrogens is 478 g/mol. The Hall–Kier alpha value is -3.47. The number of nitrogens with one attached hydrogen (secondary N) is 2. The van der Waals surface area contributed by atoms with Crippen LogP contribution in [0.15, 0.2) is 29.5 Å². The molecule has 204 valence electrons. The molecule has 11 nitrogen and oxygen atoms in total. The molecule has 1 fully saturated rings. The Kier molecular flexibility index (Phi) is 9.62. The number of urea groups is 2. The van der Waals surface area contributed by atoms with Gasteiger partial charge < -0.3 is 29.7 Å². The fraction of sp³-hybridized carbons (Fsp3) is 0.577. The molecule has 2 atom stereocenters. The number of carbonyl (C=O) groups is 3. The van der Waals surface area contributed by atoms with Crippen LogP contribution in [0.2, 0.25) is 0 Å². The van der Waals surface area contributed by atoms with Crippen molar-refractivity contribution in [2.75, 3.05) is 60.1 Å². The summed E-state index contributed by atoms with van der Waals surface area (Å²) in [5.41, 5.74) is 1.58. The summed E-state index contributed by atoms with van der Waals surface area (Å²) in [5, 5.41) is 5.83. The molecule has 37 heavy (non-hydrogen) atoms. The number of hydrogen-bond acceptors (Lipinski definition) is 7. The van der Waals surface area contributed by atoms with Crippen LogP contribution in [0.25, 0.3) is 0 Å². The van der Waals surface area contributed by atoms with Crippen LogP contribution in [0.3, 0.4) is 0 Å². The zero-order chi connectivity index (χ0) is 27.1. The molecular formula is C26H39N5O6. The Balaban J connectivity index is 2.03. The predicted molar refractivity (Wildman–Crippen MR) is 139 cm³/mol. The SMILES string of the molecule is CCNC(=O)N1CCN(CC2=C(C(=O)OCC)[C@H](c3ccc(OC)cc3OC)NC(=O)N2CC)C[C@H]1C. The Morgan fingerprint density at radius 2 is 1.89 bits per heavy atom. The number of amides is 4. The molecule has 0 bridgehead atoms. The van der Waals surface area contributed by atoms with Gasteiger partial charge in [-0.15, -0.1) is 0 Å². The number of benzene rings is 1. The summed E-state index contributed by atoms with van der Waals surface area (Å²) in [5.74, 6) is 0.589. The second-order valence-corrected chi connectivity index (χ2v) is 8.93. The van der Waals surface area contributed by atoms with Crippen LogP contribution in [-0.2, 0) is 9.53 Å². The third-order valence-electron chi connectivity index (χ3n) is 6.68. The lowest BCUT2D eigenvalue weighted by molar-refractivity contribution is -0.139. The first-order valence-electron chi connectivity index (χ1n) is 12.8. The Morgan fingerprint density at radius 3 is 2.49 bits per heavy atom. The predicted octanol–water partition coefficient (Wildman–Crippen LogP) is 2.34. The third-order valence-corrected chi connectivity index (χ3v) is 6.68. The van der Waals surface area contributed by atoms with E-state index in [1.807, 2.05) is 25.7 Å². The highest BCUT2D eigenvalue weighted by atomic mass is 16.5. The van der Waals surface area contributed by atoms with Gasteiger partial charge in [-0.1, -0.05) is 0 Å². The molecule has 2 aliphatic heterocycles. The van der Waals surface area contributed by atoms with E-state index in [0.717, 1.165) is 0 Å². The minimum absolute atomic E-state index is 0.0306. The van der Waals surface area contributed by atoms with Crippen LogP contribution >= 0.6 is 0 Å². The standard InChI is InChI=1S/C26H39N5O6/c1-7-27-25(33)31-13-12-29(15-17(31)4)16-20-22(24(32)37-9-3)23(28-26(34)30(20)8-2)19-11-10-18(35-5)14-21(19)36-6/h10-11,14,17,23H,7-9,12-13,15-16H2,1-6H3,(H,27,33)(H,28,34)/t17-,23+/m1/s1. The minimum atomic E-state index is -0.765. The highest BCUT2D eigenvalue weighted by molar-refractivity contribution is 5.95. The van der Waals surface area contributed by atoms with Gasteiger partial charge in [0, 0.05) is 62.6 Å². The van der Waals surface area contributed by atoms with E-state index in [-0.39, 0.29) is 24.7 Å². The first-order chi connectivity index (χ1) is 17.8. The Labute approximate surface area is 218 Å². The average molecular weight is 518 g/mol. The molecule has 4 amide bonds. The molecule has 0 aromatic heterocycles. The van der Waals surface area contributed by atoms with E-state index >= 15 is 0 Å². The normalized spacial score (nSPS) is 20.4. The maximum Gasteiger partial charge on any atom is 0.338 e. The van der Waals surface area contributed by atoms with Crippen LogP contribution in [0.1, 0.15) is 39.3 Å². The van der Waals surface area contributed by atoms with Gasteiger partial charge in [0.2, 0.25) is 0 Å². The maximum absolute atomic E-state index is 13.4. The molecule has 2 heterocycles. The van der Waals surface area contributed by atoms with Crippen molar-refractivity contribution in [3.8, 4) is 11.5 Å². The smallest absolute Gasteiger partial charge is 0.338 e. The van der Waals surface area contributed by atoms with Crippen LogP contribution < -0.4 is 20.1 Å². The summed E-state index contributed by atoms with van der Waals surface area (Å²) in [4.78, 5) is 44.6. The van der Waals surface area contributed by atoms with Crippen LogP contribution in [-0.4, -0.2) is 98.9 Å². The minimum Gasteiger partial charge on any atom is -0.497 e. The van der Waals surface area contributed by atoms with Crippen LogP contribution in [0.5, 0.6) is 11.5 Å². The summed E-state index contributed by atoms with van der Waals surface area (Å²) >= 11 is 0. The van der Waals surface area contributed by atoms with Gasteiger partial charge in [0.05, 0.1) is 32.4 Å². The molecule has 1 aromatic rings. The zero-order valence-corrected chi connectivity index (χ0v) is 22.6. The Bertz CT molecular complexity index is 1030. The quantitative estimate of drug-likeness (QED) is 0.484. The number of nitrogens with zero attached hydrogens (tertiary/aromatic N) is 3. The van der Waals surface area contributed by atoms with Gasteiger partial charge in [-0.05, 0) is 39.8 Å². The van der Waals surface area contributed by atoms with E-state index in [1.165, 1.54) is 7.11 Å². The summed E-state index contributed by atoms with van der Waals surface area (Å²) in [6, 6.07) is 4.09. The second-order valence-electron chi connectivity index (χ2n) is 8.93. The number of hydrogen-bond donors (Lipinski definition) is 2. The number of piperazine rings is 1. The van der Waals surface area contributed by atoms with E-state index in [0.29, 0.717) is 67.6 Å². The summed E-state index contributed by atoms with van der Waals surface area (Å²) in [7, 11) is 3.09. The fourth-order valence-corrected chi connectivity index (χ4v) is 4.89. The zero-order valence-electron chi connectivity index (χ0n) is 22.6. The van der Waals surface area contributed by atoms with E-state index in [4.69, 9.17) is 14.2 Å². The number of esters is 1. The molecule has 2 aliphatic rings. The largest absolute Gasteiger partial charge is 0.497 e. The van der Waals surface area contributed by atoms with Crippen LogP contribution in [0, 0.1) is 0 Å². The lowest BCUT2D eigenvalue weighted by atomic mass is 9.93. The monoisotopic (exact) mass is 517 g/mol. The third kappa shape index (κ3) is 6.10. The second kappa shape index (κ2) is 12.7. The molecule has 0 saturated carbocycles. The number of rotatable bonds is 9. The maximum atomic E-state index is 13.4. The van der Waals surface area contributed by atoms with Gasteiger partial charge in [-0.3, -0.25) is 9.80 Å². The number of ether oxygens (including phenoxy) is 3. The Morgan fingerprint density at radius 1 is 1.14 bits per heavy atom. The van der Waals surface area contributed by atoms with E-state index in [2.05, 4.69) is 15.5 Å². The molecule has 0 aliphatic carbocycles. The van der Waals surface area contributed by atoms with Crippen molar-refractivity contribution in [3.05, 3.63) is 35.0 Å². The number of carbonyl (C=O) groups excluding carboxylic acids is 3. The fourth-order valence-electron chi connectivity index (χ4n) is 4.89. The summed E-state index contributed by atoms with van der Waals surface area (Å²) in [6.45, 7) is 10.8. The van der Waals surface area contributed by atoms with Crippen molar-refractivity contribution in [3.63, 3.8) is 0 Å². The molecule has 2 N–H and O–H groups in total. The molecule has 0 radical (unpaired) electrons. The number of methoxy groups -OCH3 is 2.